The average molecular weight is 442 g/mol. The van der Waals surface area contributed by atoms with Gasteiger partial charge in [0.05, 0.1) is 4.90 Å². The number of amides is 2. The molecule has 2 fully saturated rings. The lowest BCUT2D eigenvalue weighted by Gasteiger charge is -2.26. The van der Waals surface area contributed by atoms with Crippen LogP contribution in [0.4, 0.5) is 5.69 Å². The Bertz CT molecular complexity index is 1030. The lowest BCUT2D eigenvalue weighted by Crippen LogP contribution is -2.43. The molecule has 2 aliphatic heterocycles. The normalized spacial score (nSPS) is 19.9. The van der Waals surface area contributed by atoms with E-state index in [1.165, 1.54) is 4.31 Å². The minimum absolute atomic E-state index is 0.00787. The van der Waals surface area contributed by atoms with E-state index in [-0.39, 0.29) is 16.7 Å². The van der Waals surface area contributed by atoms with Crippen molar-refractivity contribution in [1.29, 1.82) is 0 Å². The molecule has 2 saturated heterocycles. The first-order chi connectivity index (χ1) is 15.0. The van der Waals surface area contributed by atoms with Crippen LogP contribution in [0.25, 0.3) is 0 Å². The Balaban J connectivity index is 1.43. The van der Waals surface area contributed by atoms with E-state index in [1.807, 2.05) is 4.90 Å². The van der Waals surface area contributed by atoms with Crippen molar-refractivity contribution in [2.75, 3.05) is 25.0 Å². The summed E-state index contributed by atoms with van der Waals surface area (Å²) >= 11 is 0. The molecule has 2 aromatic rings. The van der Waals surface area contributed by atoms with Crippen LogP contribution in [0, 0.1) is 0 Å². The Kier molecular flexibility index (Phi) is 6.38. The second-order valence-electron chi connectivity index (χ2n) is 8.01. The van der Waals surface area contributed by atoms with Crippen LogP contribution in [-0.4, -0.2) is 55.1 Å². The Labute approximate surface area is 183 Å². The molecular weight excluding hydrogens is 414 g/mol. The second kappa shape index (κ2) is 9.20. The molecule has 0 aliphatic carbocycles. The molecule has 2 heterocycles. The molecule has 2 amide bonds. The van der Waals surface area contributed by atoms with E-state index in [9.17, 15) is 18.0 Å². The number of sulfonamides is 1. The molecule has 164 valence electrons. The monoisotopic (exact) mass is 441 g/mol. The fourth-order valence-corrected chi connectivity index (χ4v) is 5.90. The van der Waals surface area contributed by atoms with Crippen LogP contribution in [0.15, 0.2) is 59.5 Å². The number of benzene rings is 2. The number of likely N-dealkylation sites (tertiary alicyclic amines) is 1. The number of carbonyl (C=O) groups excluding carboxylic acids is 2. The summed E-state index contributed by atoms with van der Waals surface area (Å²) in [6.07, 6.45) is 4.33. The highest BCUT2D eigenvalue weighted by atomic mass is 32.2. The number of hydrogen-bond acceptors (Lipinski definition) is 4. The lowest BCUT2D eigenvalue weighted by molar-refractivity contribution is -0.119. The molecule has 2 aromatic carbocycles. The molecule has 0 radical (unpaired) electrons. The predicted molar refractivity (Wildman–Crippen MR) is 118 cm³/mol. The molecule has 0 aromatic heterocycles. The molecule has 1 atom stereocenters. The van der Waals surface area contributed by atoms with Gasteiger partial charge in [-0.15, -0.1) is 0 Å². The quantitative estimate of drug-likeness (QED) is 0.772. The summed E-state index contributed by atoms with van der Waals surface area (Å²) in [4.78, 5) is 27.5. The maximum absolute atomic E-state index is 13.0. The summed E-state index contributed by atoms with van der Waals surface area (Å²) < 4.78 is 27.2. The van der Waals surface area contributed by atoms with Crippen molar-refractivity contribution in [1.82, 2.24) is 9.21 Å². The zero-order valence-corrected chi connectivity index (χ0v) is 18.2. The van der Waals surface area contributed by atoms with Gasteiger partial charge in [0.1, 0.15) is 6.04 Å². The summed E-state index contributed by atoms with van der Waals surface area (Å²) in [6.45, 7) is 1.88. The number of hydrogen-bond donors (Lipinski definition) is 1. The number of carbonyl (C=O) groups is 2. The van der Waals surface area contributed by atoms with Crippen molar-refractivity contribution < 1.29 is 18.0 Å². The van der Waals surface area contributed by atoms with E-state index in [0.717, 1.165) is 32.4 Å². The highest BCUT2D eigenvalue weighted by Crippen LogP contribution is 2.27. The Morgan fingerprint density at radius 1 is 0.839 bits per heavy atom. The fraction of sp³-hybridized carbons (Fsp3) is 0.391. The van der Waals surface area contributed by atoms with Gasteiger partial charge in [-0.3, -0.25) is 9.59 Å². The number of rotatable bonds is 5. The number of piperidine rings is 1. The first-order valence-corrected chi connectivity index (χ1v) is 12.2. The van der Waals surface area contributed by atoms with Crippen molar-refractivity contribution in [2.45, 2.75) is 43.0 Å². The first kappa shape index (κ1) is 21.5. The number of anilines is 1. The van der Waals surface area contributed by atoms with Crippen molar-refractivity contribution >= 4 is 27.5 Å². The van der Waals surface area contributed by atoms with E-state index in [4.69, 9.17) is 0 Å². The number of nitrogens with zero attached hydrogens (tertiary/aromatic N) is 2. The summed E-state index contributed by atoms with van der Waals surface area (Å²) in [7, 11) is -3.73. The maximum Gasteiger partial charge on any atom is 0.253 e. The van der Waals surface area contributed by atoms with Crippen molar-refractivity contribution in [2.24, 2.45) is 0 Å². The van der Waals surface area contributed by atoms with Gasteiger partial charge in [0.2, 0.25) is 15.9 Å². The summed E-state index contributed by atoms with van der Waals surface area (Å²) in [6, 6.07) is 14.2. The molecule has 0 saturated carbocycles. The highest BCUT2D eigenvalue weighted by molar-refractivity contribution is 7.89. The fourth-order valence-electron chi connectivity index (χ4n) is 4.22. The Morgan fingerprint density at radius 3 is 2.19 bits per heavy atom. The molecule has 31 heavy (non-hydrogen) atoms. The van der Waals surface area contributed by atoms with Gasteiger partial charge in [0.25, 0.3) is 5.91 Å². The zero-order valence-electron chi connectivity index (χ0n) is 17.4. The van der Waals surface area contributed by atoms with Gasteiger partial charge in [-0.25, -0.2) is 8.42 Å². The predicted octanol–water partition coefficient (Wildman–Crippen LogP) is 3.10. The second-order valence-corrected chi connectivity index (χ2v) is 9.90. The summed E-state index contributed by atoms with van der Waals surface area (Å²) in [5, 5.41) is 2.81. The van der Waals surface area contributed by atoms with Crippen molar-refractivity contribution in [3.05, 3.63) is 60.2 Å². The van der Waals surface area contributed by atoms with Crippen LogP contribution < -0.4 is 5.32 Å². The van der Waals surface area contributed by atoms with E-state index < -0.39 is 16.1 Å². The van der Waals surface area contributed by atoms with Crippen molar-refractivity contribution in [3.63, 3.8) is 0 Å². The molecule has 0 spiro atoms. The van der Waals surface area contributed by atoms with E-state index in [1.54, 1.807) is 54.6 Å². The molecular formula is C23H27N3O4S. The Morgan fingerprint density at radius 2 is 1.52 bits per heavy atom. The van der Waals surface area contributed by atoms with Crippen molar-refractivity contribution in [3.8, 4) is 0 Å². The van der Waals surface area contributed by atoms with Gasteiger partial charge < -0.3 is 10.2 Å². The molecule has 8 heteroatoms. The first-order valence-electron chi connectivity index (χ1n) is 10.7. The van der Waals surface area contributed by atoms with Crippen LogP contribution in [-0.2, 0) is 14.8 Å². The molecule has 2 aliphatic rings. The zero-order chi connectivity index (χ0) is 21.8. The average Bonchev–Trinajstić information content (AvgIpc) is 3.31. The van der Waals surface area contributed by atoms with E-state index >= 15 is 0 Å². The van der Waals surface area contributed by atoms with Gasteiger partial charge in [-0.05, 0) is 68.5 Å². The molecule has 1 N–H and O–H groups in total. The smallest absolute Gasteiger partial charge is 0.253 e. The third-order valence-corrected chi connectivity index (χ3v) is 7.82. The van der Waals surface area contributed by atoms with Crippen LogP contribution in [0.1, 0.15) is 42.5 Å². The highest BCUT2D eigenvalue weighted by Gasteiger charge is 2.39. The van der Waals surface area contributed by atoms with E-state index in [0.29, 0.717) is 30.6 Å². The Hall–Kier alpha value is -2.71. The van der Waals surface area contributed by atoms with Gasteiger partial charge in [0.15, 0.2) is 0 Å². The van der Waals surface area contributed by atoms with Crippen LogP contribution >= 0.6 is 0 Å². The van der Waals surface area contributed by atoms with Gasteiger partial charge in [-0.2, -0.15) is 4.31 Å². The van der Waals surface area contributed by atoms with Crippen LogP contribution in [0.5, 0.6) is 0 Å². The van der Waals surface area contributed by atoms with Crippen LogP contribution in [0.3, 0.4) is 0 Å². The third-order valence-electron chi connectivity index (χ3n) is 5.90. The molecule has 0 unspecified atom stereocenters. The molecule has 4 rings (SSSR count). The van der Waals surface area contributed by atoms with Crippen LogP contribution in [0.2, 0.25) is 0 Å². The van der Waals surface area contributed by atoms with Gasteiger partial charge in [-0.1, -0.05) is 18.2 Å². The topological polar surface area (TPSA) is 86.8 Å². The van der Waals surface area contributed by atoms with Gasteiger partial charge >= 0.3 is 0 Å². The molecule has 0 bridgehead atoms. The number of nitrogens with one attached hydrogen (secondary N) is 1. The summed E-state index contributed by atoms with van der Waals surface area (Å²) in [5.41, 5.74) is 1.14. The maximum atomic E-state index is 13.0. The largest absolute Gasteiger partial charge is 0.339 e. The molecule has 7 nitrogen and oxygen atoms in total. The van der Waals surface area contributed by atoms with Gasteiger partial charge in [0, 0.05) is 30.9 Å². The standard InChI is InChI=1S/C23H27N3O4S/c27-22(21-10-7-17-26(21)31(29,30)20-8-3-1-4-9-20)24-19-13-11-18(12-14-19)23(28)25-15-5-2-6-16-25/h1,3-4,8-9,11-14,21H,2,5-7,10,15-17H2,(H,24,27)/t21-/m0/s1. The third kappa shape index (κ3) is 4.65. The lowest BCUT2D eigenvalue weighted by atomic mass is 10.1. The van der Waals surface area contributed by atoms with E-state index in [2.05, 4.69) is 5.32 Å². The minimum Gasteiger partial charge on any atom is -0.339 e. The minimum atomic E-state index is -3.73. The SMILES string of the molecule is O=C(Nc1ccc(C(=O)N2CCCCC2)cc1)[C@@H]1CCCN1S(=O)(=O)c1ccccc1. The summed E-state index contributed by atoms with van der Waals surface area (Å²) in [5.74, 6) is -0.347.